The van der Waals surface area contributed by atoms with Crippen LogP contribution in [0.15, 0.2) is 23.0 Å². The van der Waals surface area contributed by atoms with E-state index in [0.29, 0.717) is 36.7 Å². The van der Waals surface area contributed by atoms with E-state index in [4.69, 9.17) is 18.9 Å². The second-order valence-electron chi connectivity index (χ2n) is 9.85. The number of H-pyrrole nitrogens is 1. The van der Waals surface area contributed by atoms with Gasteiger partial charge in [-0.2, -0.15) is 0 Å². The standard InChI is InChI=1S/C25H33N7O5/c33-25-19(11-18-12-22-23(37-17-36-22)13-21(18)26-25)14-31(5-2-4-30-6-9-34-10-7-30)16-24-27-28-29-32(24)15-20-3-1-8-35-20/h11-13,20H,1-10,14-17H2,(H,26,33)/t20-/m0/s1. The number of rotatable bonds is 10. The minimum Gasteiger partial charge on any atom is -0.454 e. The molecule has 1 aromatic carbocycles. The van der Waals surface area contributed by atoms with E-state index in [2.05, 4.69) is 30.3 Å². The van der Waals surface area contributed by atoms with E-state index in [1.807, 2.05) is 22.9 Å². The van der Waals surface area contributed by atoms with Crippen LogP contribution in [0, 0.1) is 0 Å². The first-order chi connectivity index (χ1) is 18.2. The normalized spacial score (nSPS) is 19.9. The Bertz CT molecular complexity index is 1270. The fraction of sp³-hybridized carbons (Fsp3) is 0.600. The van der Waals surface area contributed by atoms with Crippen LogP contribution >= 0.6 is 0 Å². The second kappa shape index (κ2) is 11.1. The maximum absolute atomic E-state index is 13.1. The Labute approximate surface area is 214 Å². The van der Waals surface area contributed by atoms with Gasteiger partial charge in [0.25, 0.3) is 5.56 Å². The predicted molar refractivity (Wildman–Crippen MR) is 133 cm³/mol. The highest BCUT2D eigenvalue weighted by molar-refractivity contribution is 5.83. The number of fused-ring (bicyclic) bond motifs is 2. The second-order valence-corrected chi connectivity index (χ2v) is 9.85. The number of hydrogen-bond donors (Lipinski definition) is 1. The topological polar surface area (TPSA) is 120 Å². The molecule has 12 heteroatoms. The molecule has 0 bridgehead atoms. The summed E-state index contributed by atoms with van der Waals surface area (Å²) in [6.07, 6.45) is 3.21. The van der Waals surface area contributed by atoms with Crippen molar-refractivity contribution in [3.8, 4) is 11.5 Å². The number of benzene rings is 1. The van der Waals surface area contributed by atoms with Crippen LogP contribution in [0.5, 0.6) is 11.5 Å². The van der Waals surface area contributed by atoms with Crippen LogP contribution in [0.4, 0.5) is 0 Å². The third-order valence-corrected chi connectivity index (χ3v) is 7.23. The summed E-state index contributed by atoms with van der Waals surface area (Å²) in [6.45, 7) is 7.94. The summed E-state index contributed by atoms with van der Waals surface area (Å²) in [4.78, 5) is 20.7. The van der Waals surface area contributed by atoms with Crippen LogP contribution in [0.2, 0.25) is 0 Å². The molecule has 0 amide bonds. The third-order valence-electron chi connectivity index (χ3n) is 7.23. The van der Waals surface area contributed by atoms with E-state index >= 15 is 0 Å². The fourth-order valence-corrected chi connectivity index (χ4v) is 5.22. The highest BCUT2D eigenvalue weighted by atomic mass is 16.7. The Hall–Kier alpha value is -3.06. The fourth-order valence-electron chi connectivity index (χ4n) is 5.22. The smallest absolute Gasteiger partial charge is 0.252 e. The molecule has 0 unspecified atom stereocenters. The van der Waals surface area contributed by atoms with Crippen LogP contribution in [0.3, 0.4) is 0 Å². The first kappa shape index (κ1) is 24.3. The molecule has 37 heavy (non-hydrogen) atoms. The lowest BCUT2D eigenvalue weighted by atomic mass is 10.1. The van der Waals surface area contributed by atoms with Crippen molar-refractivity contribution in [2.75, 3.05) is 52.8 Å². The van der Waals surface area contributed by atoms with E-state index in [9.17, 15) is 4.79 Å². The lowest BCUT2D eigenvalue weighted by molar-refractivity contribution is 0.0358. The van der Waals surface area contributed by atoms with Crippen LogP contribution in [-0.4, -0.2) is 93.9 Å². The molecule has 198 valence electrons. The highest BCUT2D eigenvalue weighted by Crippen LogP contribution is 2.35. The van der Waals surface area contributed by atoms with Gasteiger partial charge in [0.1, 0.15) is 0 Å². The predicted octanol–water partition coefficient (Wildman–Crippen LogP) is 1.15. The van der Waals surface area contributed by atoms with Gasteiger partial charge in [0.2, 0.25) is 6.79 Å². The number of aromatic amines is 1. The third kappa shape index (κ3) is 5.77. The van der Waals surface area contributed by atoms with Gasteiger partial charge in [0, 0.05) is 49.8 Å². The molecule has 0 aliphatic carbocycles. The number of hydrogen-bond acceptors (Lipinski definition) is 10. The average molecular weight is 512 g/mol. The summed E-state index contributed by atoms with van der Waals surface area (Å²) in [7, 11) is 0. The van der Waals surface area contributed by atoms with E-state index < -0.39 is 0 Å². The maximum atomic E-state index is 13.1. The summed E-state index contributed by atoms with van der Waals surface area (Å²) >= 11 is 0. The van der Waals surface area contributed by atoms with Gasteiger partial charge in [0.15, 0.2) is 17.3 Å². The molecule has 1 atom stereocenters. The number of aromatic nitrogens is 5. The van der Waals surface area contributed by atoms with Crippen molar-refractivity contribution < 1.29 is 18.9 Å². The van der Waals surface area contributed by atoms with Crippen molar-refractivity contribution >= 4 is 10.9 Å². The minimum absolute atomic E-state index is 0.108. The Morgan fingerprint density at radius 3 is 2.78 bits per heavy atom. The van der Waals surface area contributed by atoms with E-state index in [1.54, 1.807) is 0 Å². The SMILES string of the molecule is O=c1[nH]c2cc3c(cc2cc1CN(CCCN1CCOCC1)Cc1nnnn1C[C@@H]1CCCO1)OCO3. The molecule has 3 aliphatic heterocycles. The molecule has 2 aromatic heterocycles. The van der Waals surface area contributed by atoms with Gasteiger partial charge < -0.3 is 23.9 Å². The molecular formula is C25H33N7O5. The van der Waals surface area contributed by atoms with Crippen molar-refractivity contribution in [3.63, 3.8) is 0 Å². The van der Waals surface area contributed by atoms with Crippen molar-refractivity contribution in [3.05, 3.63) is 39.9 Å². The van der Waals surface area contributed by atoms with Crippen LogP contribution in [-0.2, 0) is 29.1 Å². The lowest BCUT2D eigenvalue weighted by Crippen LogP contribution is -2.38. The molecule has 6 rings (SSSR count). The Morgan fingerprint density at radius 2 is 1.95 bits per heavy atom. The number of pyridine rings is 1. The zero-order valence-electron chi connectivity index (χ0n) is 20.9. The van der Waals surface area contributed by atoms with Gasteiger partial charge >= 0.3 is 0 Å². The Kier molecular flexibility index (Phi) is 7.31. The van der Waals surface area contributed by atoms with Crippen LogP contribution < -0.4 is 15.0 Å². The summed E-state index contributed by atoms with van der Waals surface area (Å²) in [6, 6.07) is 5.69. The molecule has 12 nitrogen and oxygen atoms in total. The zero-order valence-corrected chi connectivity index (χ0v) is 20.9. The number of ether oxygens (including phenoxy) is 4. The van der Waals surface area contributed by atoms with Crippen molar-refractivity contribution in [2.45, 2.75) is 45.0 Å². The van der Waals surface area contributed by atoms with E-state index in [-0.39, 0.29) is 18.5 Å². The molecule has 0 radical (unpaired) electrons. The average Bonchev–Trinajstić information content (AvgIpc) is 3.67. The number of tetrazole rings is 1. The summed E-state index contributed by atoms with van der Waals surface area (Å²) < 4.78 is 24.1. The molecule has 0 spiro atoms. The van der Waals surface area contributed by atoms with Gasteiger partial charge in [-0.3, -0.25) is 14.6 Å². The molecule has 0 saturated carbocycles. The van der Waals surface area contributed by atoms with Crippen LogP contribution in [0.1, 0.15) is 30.7 Å². The number of nitrogens with one attached hydrogen (secondary N) is 1. The van der Waals surface area contributed by atoms with E-state index in [1.165, 1.54) is 0 Å². The molecule has 3 aromatic rings. The maximum Gasteiger partial charge on any atom is 0.252 e. The Morgan fingerprint density at radius 1 is 1.08 bits per heavy atom. The van der Waals surface area contributed by atoms with Crippen LogP contribution in [0.25, 0.3) is 10.9 Å². The summed E-state index contributed by atoms with van der Waals surface area (Å²) in [5.74, 6) is 2.13. The van der Waals surface area contributed by atoms with E-state index in [0.717, 1.165) is 82.0 Å². The summed E-state index contributed by atoms with van der Waals surface area (Å²) in [5, 5.41) is 13.4. The largest absolute Gasteiger partial charge is 0.454 e. The molecule has 3 aliphatic rings. The number of nitrogens with zero attached hydrogens (tertiary/aromatic N) is 6. The van der Waals surface area contributed by atoms with Crippen molar-refractivity contribution in [1.29, 1.82) is 0 Å². The molecule has 2 saturated heterocycles. The molecular weight excluding hydrogens is 478 g/mol. The van der Waals surface area contributed by atoms with Crippen molar-refractivity contribution in [1.82, 2.24) is 35.0 Å². The molecule has 5 heterocycles. The monoisotopic (exact) mass is 511 g/mol. The van der Waals surface area contributed by atoms with Gasteiger partial charge in [0.05, 0.1) is 37.9 Å². The van der Waals surface area contributed by atoms with Gasteiger partial charge in [-0.05, 0) is 48.4 Å². The minimum atomic E-state index is -0.108. The quantitative estimate of drug-likeness (QED) is 0.424. The molecule has 2 fully saturated rings. The number of morpholine rings is 1. The Balaban J connectivity index is 1.20. The first-order valence-corrected chi connectivity index (χ1v) is 13.1. The van der Waals surface area contributed by atoms with Gasteiger partial charge in [-0.25, -0.2) is 4.68 Å². The van der Waals surface area contributed by atoms with Crippen molar-refractivity contribution in [2.24, 2.45) is 0 Å². The lowest BCUT2D eigenvalue weighted by Gasteiger charge is -2.28. The van der Waals surface area contributed by atoms with Gasteiger partial charge in [-0.1, -0.05) is 0 Å². The highest BCUT2D eigenvalue weighted by Gasteiger charge is 2.21. The molecule has 1 N–H and O–H groups in total. The zero-order chi connectivity index (χ0) is 25.0. The first-order valence-electron chi connectivity index (χ1n) is 13.1. The summed E-state index contributed by atoms with van der Waals surface area (Å²) in [5.41, 5.74) is 1.32. The van der Waals surface area contributed by atoms with Gasteiger partial charge in [-0.15, -0.1) is 5.10 Å².